The molecule has 0 fully saturated rings. The molecule has 48 heavy (non-hydrogen) atoms. The molecule has 222 valence electrons. The Morgan fingerprint density at radius 2 is 0.958 bits per heavy atom. The number of aromatic nitrogens is 3. The van der Waals surface area contributed by atoms with Crippen LogP contribution < -0.4 is 0 Å². The third-order valence-corrected chi connectivity index (χ3v) is 9.17. The van der Waals surface area contributed by atoms with Gasteiger partial charge in [-0.3, -0.25) is 4.98 Å². The lowest BCUT2D eigenvalue weighted by Gasteiger charge is -2.16. The Morgan fingerprint density at radius 1 is 0.396 bits per heavy atom. The van der Waals surface area contributed by atoms with Crippen LogP contribution in [0.1, 0.15) is 5.56 Å². The highest BCUT2D eigenvalue weighted by atomic mass is 14.9. The van der Waals surface area contributed by atoms with Gasteiger partial charge in [0.25, 0.3) is 0 Å². The zero-order valence-corrected chi connectivity index (χ0v) is 25.8. The van der Waals surface area contributed by atoms with Crippen molar-refractivity contribution in [2.45, 2.75) is 0 Å². The highest BCUT2D eigenvalue weighted by molar-refractivity contribution is 6.22. The first-order chi connectivity index (χ1) is 23.7. The summed E-state index contributed by atoms with van der Waals surface area (Å²) in [6.07, 6.45) is 1.81. The fourth-order valence-corrected chi connectivity index (χ4v) is 6.87. The lowest BCUT2D eigenvalue weighted by Crippen LogP contribution is -1.97. The van der Waals surface area contributed by atoms with Gasteiger partial charge < -0.3 is 0 Å². The van der Waals surface area contributed by atoms with Gasteiger partial charge in [0.05, 0.1) is 28.7 Å². The third-order valence-electron chi connectivity index (χ3n) is 9.17. The minimum Gasteiger partial charge on any atom is -0.256 e. The maximum atomic E-state index is 9.49. The van der Waals surface area contributed by atoms with Gasteiger partial charge in [-0.25, -0.2) is 9.97 Å². The fourth-order valence-electron chi connectivity index (χ4n) is 6.87. The van der Waals surface area contributed by atoms with E-state index in [1.54, 1.807) is 0 Å². The van der Waals surface area contributed by atoms with Crippen LogP contribution in [0.5, 0.6) is 0 Å². The number of nitrogens with zero attached hydrogens (tertiary/aromatic N) is 4. The first-order valence-corrected chi connectivity index (χ1v) is 15.9. The summed E-state index contributed by atoms with van der Waals surface area (Å²) < 4.78 is 0. The number of pyridine rings is 1. The van der Waals surface area contributed by atoms with Crippen LogP contribution in [-0.4, -0.2) is 15.0 Å². The summed E-state index contributed by atoms with van der Waals surface area (Å²) in [6.45, 7) is 0. The SMILES string of the molecule is N#Cc1ccc(-c2ccc3c4c(ccc(-c5cc(-c6ccc(-c7ccccn7)cc6)nc(-c6ccccc6)n5)c24)-c2ccccc2-3)cc1. The zero-order valence-electron chi connectivity index (χ0n) is 25.8. The molecule has 9 rings (SSSR count). The van der Waals surface area contributed by atoms with Crippen LogP contribution in [0.2, 0.25) is 0 Å². The zero-order chi connectivity index (χ0) is 32.0. The Labute approximate surface area is 278 Å². The van der Waals surface area contributed by atoms with Crippen LogP contribution in [0.4, 0.5) is 0 Å². The average Bonchev–Trinajstić information content (AvgIpc) is 3.50. The minimum absolute atomic E-state index is 0.638. The first kappa shape index (κ1) is 27.6. The van der Waals surface area contributed by atoms with Crippen LogP contribution in [0.25, 0.3) is 89.3 Å². The lowest BCUT2D eigenvalue weighted by molar-refractivity contribution is 1.18. The predicted octanol–water partition coefficient (Wildman–Crippen LogP) is 10.9. The predicted molar refractivity (Wildman–Crippen MR) is 194 cm³/mol. The summed E-state index contributed by atoms with van der Waals surface area (Å²) in [5, 5.41) is 11.8. The van der Waals surface area contributed by atoms with E-state index in [0.717, 1.165) is 55.8 Å². The summed E-state index contributed by atoms with van der Waals surface area (Å²) in [4.78, 5) is 14.9. The van der Waals surface area contributed by atoms with E-state index in [1.807, 2.05) is 66.9 Å². The molecule has 1 aliphatic carbocycles. The molecule has 0 aliphatic heterocycles. The van der Waals surface area contributed by atoms with Crippen LogP contribution in [-0.2, 0) is 0 Å². The van der Waals surface area contributed by atoms with Crippen LogP contribution in [0.15, 0.2) is 158 Å². The second kappa shape index (κ2) is 11.3. The average molecular weight is 611 g/mol. The third kappa shape index (κ3) is 4.57. The van der Waals surface area contributed by atoms with Crippen molar-refractivity contribution < 1.29 is 0 Å². The number of nitriles is 1. The van der Waals surface area contributed by atoms with Crippen molar-refractivity contribution in [2.75, 3.05) is 0 Å². The molecular formula is C44H26N4. The van der Waals surface area contributed by atoms with Gasteiger partial charge in [-0.15, -0.1) is 0 Å². The molecule has 4 nitrogen and oxygen atoms in total. The largest absolute Gasteiger partial charge is 0.256 e. The molecule has 1 aliphatic rings. The van der Waals surface area contributed by atoms with Crippen molar-refractivity contribution >= 4 is 10.8 Å². The second-order valence-electron chi connectivity index (χ2n) is 11.9. The van der Waals surface area contributed by atoms with E-state index in [9.17, 15) is 5.26 Å². The van der Waals surface area contributed by atoms with Gasteiger partial charge in [-0.2, -0.15) is 5.26 Å². The van der Waals surface area contributed by atoms with E-state index >= 15 is 0 Å². The van der Waals surface area contributed by atoms with E-state index in [1.165, 1.54) is 27.6 Å². The van der Waals surface area contributed by atoms with E-state index in [2.05, 4.69) is 102 Å². The summed E-state index contributed by atoms with van der Waals surface area (Å²) in [6, 6.07) is 54.3. The fraction of sp³-hybridized carbons (Fsp3) is 0. The number of fused-ring (bicyclic) bond motifs is 3. The van der Waals surface area contributed by atoms with E-state index in [4.69, 9.17) is 9.97 Å². The van der Waals surface area contributed by atoms with Crippen molar-refractivity contribution in [3.63, 3.8) is 0 Å². The molecule has 0 bridgehead atoms. The number of rotatable bonds is 5. The van der Waals surface area contributed by atoms with E-state index < -0.39 is 0 Å². The van der Waals surface area contributed by atoms with Gasteiger partial charge in [-0.05, 0) is 69.1 Å². The van der Waals surface area contributed by atoms with E-state index in [0.29, 0.717) is 11.4 Å². The summed E-state index contributed by atoms with van der Waals surface area (Å²) in [5.41, 5.74) is 14.4. The molecular weight excluding hydrogens is 585 g/mol. The second-order valence-corrected chi connectivity index (χ2v) is 11.9. The maximum absolute atomic E-state index is 9.49. The molecule has 0 saturated carbocycles. The molecule has 0 saturated heterocycles. The smallest absolute Gasteiger partial charge is 0.160 e. The first-order valence-electron chi connectivity index (χ1n) is 15.9. The number of hydrogen-bond donors (Lipinski definition) is 0. The topological polar surface area (TPSA) is 62.5 Å². The number of benzene rings is 6. The van der Waals surface area contributed by atoms with Crippen molar-refractivity contribution in [3.8, 4) is 84.6 Å². The van der Waals surface area contributed by atoms with Crippen molar-refractivity contribution in [2.24, 2.45) is 0 Å². The molecule has 0 atom stereocenters. The summed E-state index contributed by atoms with van der Waals surface area (Å²) in [7, 11) is 0. The molecule has 0 amide bonds. The molecule has 8 aromatic rings. The van der Waals surface area contributed by atoms with Gasteiger partial charge in [0.1, 0.15) is 0 Å². The summed E-state index contributed by atoms with van der Waals surface area (Å²) >= 11 is 0. The highest BCUT2D eigenvalue weighted by Crippen LogP contribution is 2.51. The van der Waals surface area contributed by atoms with Crippen molar-refractivity contribution in [3.05, 3.63) is 163 Å². The Morgan fingerprint density at radius 3 is 1.62 bits per heavy atom. The van der Waals surface area contributed by atoms with Crippen LogP contribution in [0, 0.1) is 11.3 Å². The minimum atomic E-state index is 0.638. The lowest BCUT2D eigenvalue weighted by atomic mass is 9.89. The van der Waals surface area contributed by atoms with Gasteiger partial charge in [-0.1, -0.05) is 121 Å². The molecule has 2 aromatic heterocycles. The monoisotopic (exact) mass is 610 g/mol. The van der Waals surface area contributed by atoms with E-state index in [-0.39, 0.29) is 0 Å². The maximum Gasteiger partial charge on any atom is 0.160 e. The standard InChI is InChI=1S/C44H26N4/c45-27-28-13-15-29(16-14-28)33-21-22-36-34-10-4-5-11-35(34)37-23-24-38(42(33)43(36)37)41-26-40(47-44(48-41)32-8-2-1-3-9-32)31-19-17-30(18-20-31)39-12-6-7-25-46-39/h1-26H. The molecule has 0 spiro atoms. The van der Waals surface area contributed by atoms with Crippen molar-refractivity contribution in [1.29, 1.82) is 5.26 Å². The van der Waals surface area contributed by atoms with Crippen LogP contribution >= 0.6 is 0 Å². The summed E-state index contributed by atoms with van der Waals surface area (Å²) in [5.74, 6) is 0.670. The Balaban J connectivity index is 1.30. The molecule has 0 N–H and O–H groups in total. The Bertz CT molecular complexity index is 2500. The van der Waals surface area contributed by atoms with Crippen molar-refractivity contribution in [1.82, 2.24) is 15.0 Å². The van der Waals surface area contributed by atoms with Gasteiger partial charge in [0.15, 0.2) is 5.82 Å². The Kier molecular flexibility index (Phi) is 6.48. The molecule has 4 heteroatoms. The van der Waals surface area contributed by atoms with Gasteiger partial charge >= 0.3 is 0 Å². The highest BCUT2D eigenvalue weighted by Gasteiger charge is 2.25. The quantitative estimate of drug-likeness (QED) is 0.194. The van der Waals surface area contributed by atoms with Gasteiger partial charge in [0, 0.05) is 33.8 Å². The Hall–Kier alpha value is -6.70. The normalized spacial score (nSPS) is 11.3. The molecule has 2 heterocycles. The molecule has 0 radical (unpaired) electrons. The van der Waals surface area contributed by atoms with Crippen LogP contribution in [0.3, 0.4) is 0 Å². The molecule has 6 aromatic carbocycles. The van der Waals surface area contributed by atoms with Gasteiger partial charge in [0.2, 0.25) is 0 Å². The molecule has 0 unspecified atom stereocenters. The number of hydrogen-bond acceptors (Lipinski definition) is 4.